The van der Waals surface area contributed by atoms with E-state index in [2.05, 4.69) is 10.6 Å². The molecule has 2 N–H and O–H groups in total. The minimum absolute atomic E-state index is 0.0245. The number of benzene rings is 1. The third-order valence-electron chi connectivity index (χ3n) is 3.32. The van der Waals surface area contributed by atoms with Crippen LogP contribution in [0.5, 0.6) is 0 Å². The maximum Gasteiger partial charge on any atom is 0.251 e. The zero-order chi connectivity index (χ0) is 15.2. The van der Waals surface area contributed by atoms with E-state index in [9.17, 15) is 4.79 Å². The first-order chi connectivity index (χ1) is 10.1. The highest BCUT2D eigenvalue weighted by atomic mass is 16.3. The predicted molar refractivity (Wildman–Crippen MR) is 84.7 cm³/mol. The Labute approximate surface area is 125 Å². The SMILES string of the molecule is CCNc1ccc(C(=O)NC(C)Cc2ccco2)c(C)c1. The molecular weight excluding hydrogens is 264 g/mol. The molecule has 2 aromatic rings. The third kappa shape index (κ3) is 4.12. The van der Waals surface area contributed by atoms with Gasteiger partial charge in [-0.25, -0.2) is 0 Å². The molecule has 0 radical (unpaired) electrons. The summed E-state index contributed by atoms with van der Waals surface area (Å²) in [6, 6.07) is 9.59. The largest absolute Gasteiger partial charge is 0.469 e. The molecule has 1 amide bonds. The van der Waals surface area contributed by atoms with Crippen LogP contribution < -0.4 is 10.6 Å². The Kier molecular flexibility index (Phi) is 5.04. The normalized spacial score (nSPS) is 12.0. The predicted octanol–water partition coefficient (Wildman–Crippen LogP) is 3.38. The molecule has 0 saturated heterocycles. The monoisotopic (exact) mass is 286 g/mol. The number of anilines is 1. The van der Waals surface area contributed by atoms with Crippen molar-refractivity contribution in [3.63, 3.8) is 0 Å². The lowest BCUT2D eigenvalue weighted by Gasteiger charge is -2.14. The van der Waals surface area contributed by atoms with Gasteiger partial charge in [0.15, 0.2) is 0 Å². The molecule has 4 heteroatoms. The zero-order valence-electron chi connectivity index (χ0n) is 12.8. The van der Waals surface area contributed by atoms with Gasteiger partial charge in [-0.1, -0.05) is 0 Å². The second-order valence-electron chi connectivity index (χ2n) is 5.22. The lowest BCUT2D eigenvalue weighted by Crippen LogP contribution is -2.34. The summed E-state index contributed by atoms with van der Waals surface area (Å²) in [7, 11) is 0. The lowest BCUT2D eigenvalue weighted by molar-refractivity contribution is 0.0938. The van der Waals surface area contributed by atoms with E-state index in [1.54, 1.807) is 6.26 Å². The highest BCUT2D eigenvalue weighted by molar-refractivity contribution is 5.96. The van der Waals surface area contributed by atoms with Gasteiger partial charge in [0.2, 0.25) is 0 Å². The molecule has 1 atom stereocenters. The first-order valence-electron chi connectivity index (χ1n) is 7.28. The van der Waals surface area contributed by atoms with Crippen molar-refractivity contribution in [2.24, 2.45) is 0 Å². The number of hydrogen-bond acceptors (Lipinski definition) is 3. The van der Waals surface area contributed by atoms with Crippen molar-refractivity contribution in [2.45, 2.75) is 33.2 Å². The molecule has 1 aromatic heterocycles. The van der Waals surface area contributed by atoms with Gasteiger partial charge in [0.25, 0.3) is 5.91 Å². The smallest absolute Gasteiger partial charge is 0.251 e. The number of nitrogens with one attached hydrogen (secondary N) is 2. The molecule has 0 fully saturated rings. The maximum absolute atomic E-state index is 12.3. The Morgan fingerprint density at radius 2 is 2.14 bits per heavy atom. The van der Waals surface area contributed by atoms with Gasteiger partial charge < -0.3 is 15.1 Å². The summed E-state index contributed by atoms with van der Waals surface area (Å²) in [5, 5.41) is 6.25. The van der Waals surface area contributed by atoms with E-state index in [1.807, 2.05) is 51.1 Å². The number of aryl methyl sites for hydroxylation is 1. The first-order valence-corrected chi connectivity index (χ1v) is 7.28. The number of carbonyl (C=O) groups excluding carboxylic acids is 1. The number of amides is 1. The Morgan fingerprint density at radius 3 is 2.76 bits per heavy atom. The van der Waals surface area contributed by atoms with Crippen molar-refractivity contribution < 1.29 is 9.21 Å². The van der Waals surface area contributed by atoms with Gasteiger partial charge in [-0.3, -0.25) is 4.79 Å². The van der Waals surface area contributed by atoms with E-state index in [-0.39, 0.29) is 11.9 Å². The molecule has 0 bridgehead atoms. The van der Waals surface area contributed by atoms with Crippen LogP contribution in [-0.2, 0) is 6.42 Å². The van der Waals surface area contributed by atoms with Crippen molar-refractivity contribution in [1.29, 1.82) is 0 Å². The third-order valence-corrected chi connectivity index (χ3v) is 3.32. The average molecular weight is 286 g/mol. The standard InChI is InChI=1S/C17H22N2O2/c1-4-18-14-7-8-16(12(2)10-14)17(20)19-13(3)11-15-6-5-9-21-15/h5-10,13,18H,4,11H2,1-3H3,(H,19,20). The van der Waals surface area contributed by atoms with Crippen LogP contribution in [0.3, 0.4) is 0 Å². The Hall–Kier alpha value is -2.23. The summed E-state index contributed by atoms with van der Waals surface area (Å²) in [5.74, 6) is 0.830. The highest BCUT2D eigenvalue weighted by Gasteiger charge is 2.13. The van der Waals surface area contributed by atoms with E-state index in [1.165, 1.54) is 0 Å². The minimum atomic E-state index is -0.0467. The molecule has 4 nitrogen and oxygen atoms in total. The molecule has 0 saturated carbocycles. The summed E-state index contributed by atoms with van der Waals surface area (Å²) >= 11 is 0. The Balaban J connectivity index is 1.99. The summed E-state index contributed by atoms with van der Waals surface area (Å²) in [5.41, 5.74) is 2.72. The van der Waals surface area contributed by atoms with E-state index >= 15 is 0 Å². The fourth-order valence-corrected chi connectivity index (χ4v) is 2.32. The van der Waals surface area contributed by atoms with Crippen LogP contribution >= 0.6 is 0 Å². The second-order valence-corrected chi connectivity index (χ2v) is 5.22. The van der Waals surface area contributed by atoms with Crippen molar-refractivity contribution >= 4 is 11.6 Å². The summed E-state index contributed by atoms with van der Waals surface area (Å²) in [4.78, 5) is 12.3. The van der Waals surface area contributed by atoms with Crippen LogP contribution in [0.15, 0.2) is 41.0 Å². The number of furan rings is 1. The molecule has 0 aliphatic rings. The second kappa shape index (κ2) is 6.97. The van der Waals surface area contributed by atoms with E-state index in [0.717, 1.165) is 23.6 Å². The first kappa shape index (κ1) is 15.2. The Bertz CT molecular complexity index is 591. The van der Waals surface area contributed by atoms with Crippen LogP contribution in [-0.4, -0.2) is 18.5 Å². The summed E-state index contributed by atoms with van der Waals surface area (Å²) in [6.07, 6.45) is 2.33. The summed E-state index contributed by atoms with van der Waals surface area (Å²) < 4.78 is 5.30. The lowest BCUT2D eigenvalue weighted by atomic mass is 10.1. The van der Waals surface area contributed by atoms with Gasteiger partial charge >= 0.3 is 0 Å². The molecule has 112 valence electrons. The quantitative estimate of drug-likeness (QED) is 0.856. The van der Waals surface area contributed by atoms with Crippen molar-refractivity contribution in [2.75, 3.05) is 11.9 Å². The van der Waals surface area contributed by atoms with Crippen LogP contribution in [0, 0.1) is 6.92 Å². The maximum atomic E-state index is 12.3. The fourth-order valence-electron chi connectivity index (χ4n) is 2.32. The zero-order valence-corrected chi connectivity index (χ0v) is 12.8. The highest BCUT2D eigenvalue weighted by Crippen LogP contribution is 2.15. The van der Waals surface area contributed by atoms with Gasteiger partial charge in [-0.2, -0.15) is 0 Å². The summed E-state index contributed by atoms with van der Waals surface area (Å²) in [6.45, 7) is 6.84. The van der Waals surface area contributed by atoms with Crippen LogP contribution in [0.1, 0.15) is 35.5 Å². The van der Waals surface area contributed by atoms with E-state index in [0.29, 0.717) is 12.0 Å². The molecular formula is C17H22N2O2. The van der Waals surface area contributed by atoms with Crippen LogP contribution in [0.4, 0.5) is 5.69 Å². The topological polar surface area (TPSA) is 54.3 Å². The molecule has 0 aliphatic heterocycles. The van der Waals surface area contributed by atoms with Gasteiger partial charge in [-0.15, -0.1) is 0 Å². The van der Waals surface area contributed by atoms with Crippen molar-refractivity contribution in [1.82, 2.24) is 5.32 Å². The number of carbonyl (C=O) groups is 1. The molecule has 1 unspecified atom stereocenters. The van der Waals surface area contributed by atoms with Crippen LogP contribution in [0.2, 0.25) is 0 Å². The fraction of sp³-hybridized carbons (Fsp3) is 0.353. The van der Waals surface area contributed by atoms with Gasteiger partial charge in [0, 0.05) is 30.3 Å². The molecule has 0 aliphatic carbocycles. The van der Waals surface area contributed by atoms with Crippen molar-refractivity contribution in [3.8, 4) is 0 Å². The van der Waals surface area contributed by atoms with E-state index < -0.39 is 0 Å². The molecule has 1 aromatic carbocycles. The van der Waals surface area contributed by atoms with Crippen LogP contribution in [0.25, 0.3) is 0 Å². The van der Waals surface area contributed by atoms with Gasteiger partial charge in [-0.05, 0) is 56.7 Å². The van der Waals surface area contributed by atoms with Gasteiger partial charge in [0.05, 0.1) is 6.26 Å². The molecule has 21 heavy (non-hydrogen) atoms. The number of rotatable bonds is 6. The van der Waals surface area contributed by atoms with E-state index in [4.69, 9.17) is 4.42 Å². The molecule has 1 heterocycles. The molecule has 0 spiro atoms. The van der Waals surface area contributed by atoms with Crippen molar-refractivity contribution in [3.05, 3.63) is 53.5 Å². The van der Waals surface area contributed by atoms with Gasteiger partial charge in [0.1, 0.15) is 5.76 Å². The minimum Gasteiger partial charge on any atom is -0.469 e. The molecule has 2 rings (SSSR count). The number of hydrogen-bond donors (Lipinski definition) is 2. The Morgan fingerprint density at radius 1 is 1.33 bits per heavy atom. The average Bonchev–Trinajstić information content (AvgIpc) is 2.91.